The van der Waals surface area contributed by atoms with Crippen LogP contribution in [0.25, 0.3) is 0 Å². The molecule has 0 saturated heterocycles. The molecular weight excluding hydrogens is 261 g/mol. The highest BCUT2D eigenvalue weighted by molar-refractivity contribution is 5.92. The molecule has 4 nitrogen and oxygen atoms in total. The average molecular weight is 276 g/mol. The van der Waals surface area contributed by atoms with Gasteiger partial charge in [0.2, 0.25) is 5.91 Å². The van der Waals surface area contributed by atoms with E-state index in [0.717, 1.165) is 12.1 Å². The number of carbonyl (C=O) groups is 1. The number of amides is 1. The summed E-state index contributed by atoms with van der Waals surface area (Å²) in [6, 6.07) is 4.72. The number of alkyl halides is 3. The van der Waals surface area contributed by atoms with Gasteiger partial charge in [0.1, 0.15) is 5.75 Å². The molecule has 1 amide bonds. The molecule has 19 heavy (non-hydrogen) atoms. The van der Waals surface area contributed by atoms with Gasteiger partial charge in [-0.2, -0.15) is 0 Å². The number of anilines is 1. The van der Waals surface area contributed by atoms with Gasteiger partial charge in [-0.05, 0) is 19.1 Å². The number of nitrogens with one attached hydrogen (secondary N) is 1. The molecule has 2 atom stereocenters. The van der Waals surface area contributed by atoms with Crippen molar-refractivity contribution < 1.29 is 22.7 Å². The van der Waals surface area contributed by atoms with Gasteiger partial charge < -0.3 is 15.8 Å². The predicted octanol–water partition coefficient (Wildman–Crippen LogP) is 2.51. The van der Waals surface area contributed by atoms with E-state index >= 15 is 0 Å². The quantitative estimate of drug-likeness (QED) is 0.888. The summed E-state index contributed by atoms with van der Waals surface area (Å²) in [4.78, 5) is 11.7. The molecule has 0 bridgehead atoms. The van der Waals surface area contributed by atoms with Crippen molar-refractivity contribution in [2.45, 2.75) is 26.3 Å². The summed E-state index contributed by atoms with van der Waals surface area (Å²) in [5.41, 5.74) is 5.79. The summed E-state index contributed by atoms with van der Waals surface area (Å²) in [5.74, 6) is -1.20. The van der Waals surface area contributed by atoms with E-state index in [0.29, 0.717) is 0 Å². The van der Waals surface area contributed by atoms with E-state index in [2.05, 4.69) is 10.1 Å². The van der Waals surface area contributed by atoms with Gasteiger partial charge >= 0.3 is 6.36 Å². The number of ether oxygens (including phenoxy) is 1. The summed E-state index contributed by atoms with van der Waals surface area (Å²) in [6.07, 6.45) is -4.76. The standard InChI is InChI=1S/C12H15F3N2O2/c1-7(8(2)16)11(18)17-9-4-3-5-10(6-9)19-12(13,14)15/h3-8H,16H2,1-2H3,(H,17,18). The molecule has 0 fully saturated rings. The first-order chi connectivity index (χ1) is 8.69. The number of hydrogen-bond donors (Lipinski definition) is 2. The van der Waals surface area contributed by atoms with Gasteiger partial charge in [0, 0.05) is 17.8 Å². The summed E-state index contributed by atoms with van der Waals surface area (Å²) < 4.78 is 39.9. The van der Waals surface area contributed by atoms with Crippen LogP contribution < -0.4 is 15.8 Å². The maximum Gasteiger partial charge on any atom is 0.573 e. The summed E-state index contributed by atoms with van der Waals surface area (Å²) in [6.45, 7) is 3.31. The third-order valence-electron chi connectivity index (χ3n) is 2.54. The fraction of sp³-hybridized carbons (Fsp3) is 0.417. The van der Waals surface area contributed by atoms with E-state index in [9.17, 15) is 18.0 Å². The second kappa shape index (κ2) is 5.92. The van der Waals surface area contributed by atoms with Crippen LogP contribution in [-0.2, 0) is 4.79 Å². The van der Waals surface area contributed by atoms with Crippen molar-refractivity contribution >= 4 is 11.6 Å². The molecule has 0 saturated carbocycles. The van der Waals surface area contributed by atoms with Gasteiger partial charge in [-0.15, -0.1) is 13.2 Å². The van der Waals surface area contributed by atoms with Crippen LogP contribution in [0.3, 0.4) is 0 Å². The fourth-order valence-electron chi connectivity index (χ4n) is 1.27. The lowest BCUT2D eigenvalue weighted by molar-refractivity contribution is -0.274. The van der Waals surface area contributed by atoms with Crippen molar-refractivity contribution in [2.24, 2.45) is 11.7 Å². The van der Waals surface area contributed by atoms with Crippen molar-refractivity contribution in [3.05, 3.63) is 24.3 Å². The minimum Gasteiger partial charge on any atom is -0.406 e. The molecule has 0 aromatic heterocycles. The highest BCUT2D eigenvalue weighted by Gasteiger charge is 2.31. The Balaban J connectivity index is 2.75. The third-order valence-corrected chi connectivity index (χ3v) is 2.54. The summed E-state index contributed by atoms with van der Waals surface area (Å²) in [5, 5.41) is 2.48. The van der Waals surface area contributed by atoms with E-state index in [1.165, 1.54) is 12.1 Å². The highest BCUT2D eigenvalue weighted by atomic mass is 19.4. The summed E-state index contributed by atoms with van der Waals surface area (Å²) in [7, 11) is 0. The van der Waals surface area contributed by atoms with Crippen molar-refractivity contribution in [3.8, 4) is 5.75 Å². The lowest BCUT2D eigenvalue weighted by atomic mass is 10.0. The minimum atomic E-state index is -4.76. The number of carbonyl (C=O) groups excluding carboxylic acids is 1. The molecule has 0 heterocycles. The van der Waals surface area contributed by atoms with E-state index in [1.807, 2.05) is 0 Å². The molecule has 1 aromatic carbocycles. The number of hydrogen-bond acceptors (Lipinski definition) is 3. The molecule has 106 valence electrons. The highest BCUT2D eigenvalue weighted by Crippen LogP contribution is 2.25. The first kappa shape index (κ1) is 15.3. The Bertz CT molecular complexity index is 447. The smallest absolute Gasteiger partial charge is 0.406 e. The van der Waals surface area contributed by atoms with Crippen LogP contribution in [0.4, 0.5) is 18.9 Å². The Kier molecular flexibility index (Phi) is 4.77. The van der Waals surface area contributed by atoms with Crippen LogP contribution in [-0.4, -0.2) is 18.3 Å². The zero-order valence-electron chi connectivity index (χ0n) is 10.5. The zero-order valence-corrected chi connectivity index (χ0v) is 10.5. The summed E-state index contributed by atoms with van der Waals surface area (Å²) >= 11 is 0. The van der Waals surface area contributed by atoms with Crippen LogP contribution >= 0.6 is 0 Å². The molecule has 1 rings (SSSR count). The predicted molar refractivity (Wildman–Crippen MR) is 64.6 cm³/mol. The molecule has 3 N–H and O–H groups in total. The number of halogens is 3. The Morgan fingerprint density at radius 2 is 2.00 bits per heavy atom. The number of benzene rings is 1. The first-order valence-electron chi connectivity index (χ1n) is 5.61. The van der Waals surface area contributed by atoms with Gasteiger partial charge in [-0.1, -0.05) is 13.0 Å². The van der Waals surface area contributed by atoms with Gasteiger partial charge in [0.15, 0.2) is 0 Å². The van der Waals surface area contributed by atoms with Gasteiger partial charge in [-0.3, -0.25) is 4.79 Å². The largest absolute Gasteiger partial charge is 0.573 e. The lowest BCUT2D eigenvalue weighted by Gasteiger charge is -2.16. The minimum absolute atomic E-state index is 0.222. The van der Waals surface area contributed by atoms with Crippen molar-refractivity contribution in [1.29, 1.82) is 0 Å². The Labute approximate surface area is 108 Å². The van der Waals surface area contributed by atoms with E-state index in [4.69, 9.17) is 5.73 Å². The van der Waals surface area contributed by atoms with Crippen LogP contribution in [0.1, 0.15) is 13.8 Å². The van der Waals surface area contributed by atoms with E-state index < -0.39 is 18.0 Å². The number of rotatable bonds is 4. The second-order valence-electron chi connectivity index (χ2n) is 4.21. The molecular formula is C12H15F3N2O2. The molecule has 7 heteroatoms. The lowest BCUT2D eigenvalue weighted by Crippen LogP contribution is -2.34. The first-order valence-corrected chi connectivity index (χ1v) is 5.61. The average Bonchev–Trinajstić information content (AvgIpc) is 2.25. The van der Waals surface area contributed by atoms with Crippen molar-refractivity contribution in [1.82, 2.24) is 0 Å². The topological polar surface area (TPSA) is 64.4 Å². The molecule has 0 aliphatic heterocycles. The van der Waals surface area contributed by atoms with Crippen LogP contribution in [0.15, 0.2) is 24.3 Å². The maximum atomic E-state index is 12.0. The molecule has 0 aliphatic rings. The molecule has 0 radical (unpaired) electrons. The fourth-order valence-corrected chi connectivity index (χ4v) is 1.27. The van der Waals surface area contributed by atoms with Crippen LogP contribution in [0.5, 0.6) is 5.75 Å². The number of nitrogens with two attached hydrogens (primary N) is 1. The molecule has 0 spiro atoms. The van der Waals surface area contributed by atoms with Gasteiger partial charge in [0.25, 0.3) is 0 Å². The van der Waals surface area contributed by atoms with E-state index in [-0.39, 0.29) is 17.6 Å². The maximum absolute atomic E-state index is 12.0. The Morgan fingerprint density at radius 1 is 1.37 bits per heavy atom. The van der Waals surface area contributed by atoms with Gasteiger partial charge in [0.05, 0.1) is 5.92 Å². The SMILES string of the molecule is CC(N)C(C)C(=O)Nc1cccc(OC(F)(F)F)c1. The molecule has 1 aromatic rings. The normalized spacial score (nSPS) is 14.6. The molecule has 2 unspecified atom stereocenters. The van der Waals surface area contributed by atoms with Crippen LogP contribution in [0.2, 0.25) is 0 Å². The monoisotopic (exact) mass is 276 g/mol. The Morgan fingerprint density at radius 3 is 2.53 bits per heavy atom. The second-order valence-corrected chi connectivity index (χ2v) is 4.21. The molecule has 0 aliphatic carbocycles. The zero-order chi connectivity index (χ0) is 14.6. The Hall–Kier alpha value is -1.76. The van der Waals surface area contributed by atoms with E-state index in [1.54, 1.807) is 13.8 Å². The third kappa shape index (κ3) is 5.17. The van der Waals surface area contributed by atoms with Crippen molar-refractivity contribution in [3.63, 3.8) is 0 Å². The van der Waals surface area contributed by atoms with Gasteiger partial charge in [-0.25, -0.2) is 0 Å². The van der Waals surface area contributed by atoms with Crippen molar-refractivity contribution in [2.75, 3.05) is 5.32 Å². The van der Waals surface area contributed by atoms with Crippen LogP contribution in [0, 0.1) is 5.92 Å².